The van der Waals surface area contributed by atoms with Gasteiger partial charge in [-0.2, -0.15) is 0 Å². The van der Waals surface area contributed by atoms with Gasteiger partial charge in [-0.3, -0.25) is 19.2 Å². The summed E-state index contributed by atoms with van der Waals surface area (Å²) in [5.74, 6) is -5.22. The van der Waals surface area contributed by atoms with E-state index in [4.69, 9.17) is 14.2 Å². The van der Waals surface area contributed by atoms with Crippen molar-refractivity contribution in [3.05, 3.63) is 120 Å². The number of carbonyl (C=O) groups excluding carboxylic acids is 3. The highest BCUT2D eigenvalue weighted by Crippen LogP contribution is 2.49. The second-order valence-corrected chi connectivity index (χ2v) is 14.4. The number of carbonyl (C=O) groups is 4. The minimum Gasteiger partial charge on any atom is -0.481 e. The second-order valence-electron chi connectivity index (χ2n) is 14.4. The first-order valence-corrected chi connectivity index (χ1v) is 19.2. The van der Waals surface area contributed by atoms with E-state index in [1.54, 1.807) is 9.80 Å². The number of rotatable bonds is 19. The number of nitrogens with zero attached hydrogens (tertiary/aromatic N) is 2. The summed E-state index contributed by atoms with van der Waals surface area (Å²) < 4.78 is 17.5. The van der Waals surface area contributed by atoms with Crippen LogP contribution in [0.2, 0.25) is 0 Å². The fourth-order valence-electron chi connectivity index (χ4n) is 6.97. The standard InChI is InChI=1S/C45H52N2O8/c1-5-26-46(29-32-17-21-36(22-18-32)54-34-13-9-7-10-14-34)42(48)38-39(41(40(38)44(50)51)45(52)53-28-25-31(3)4)43(49)47(27-6-2)30-33-19-23-37(24-20-33)55-35-15-11-8-12-16-35/h7-24,31,38-41H,5-6,25-30H2,1-4H3,(H,50,51)/t38-,39-,40-,41-/m0/s1. The summed E-state index contributed by atoms with van der Waals surface area (Å²) in [5, 5.41) is 10.5. The minimum atomic E-state index is -1.41. The third-order valence-corrected chi connectivity index (χ3v) is 9.78. The maximum Gasteiger partial charge on any atom is 0.310 e. The van der Waals surface area contributed by atoms with E-state index >= 15 is 0 Å². The van der Waals surface area contributed by atoms with Gasteiger partial charge in [0.05, 0.1) is 30.3 Å². The normalized spacial score (nSPS) is 17.5. The van der Waals surface area contributed by atoms with Gasteiger partial charge in [0, 0.05) is 26.2 Å². The number of hydrogen-bond acceptors (Lipinski definition) is 7. The highest BCUT2D eigenvalue weighted by Gasteiger charge is 2.65. The predicted octanol–water partition coefficient (Wildman–Crippen LogP) is 8.60. The van der Waals surface area contributed by atoms with Gasteiger partial charge in [0.25, 0.3) is 0 Å². The maximum absolute atomic E-state index is 14.7. The fourth-order valence-corrected chi connectivity index (χ4v) is 6.97. The summed E-state index contributed by atoms with van der Waals surface area (Å²) in [7, 11) is 0. The van der Waals surface area contributed by atoms with E-state index in [-0.39, 0.29) is 25.6 Å². The van der Waals surface area contributed by atoms with Crippen molar-refractivity contribution >= 4 is 23.8 Å². The van der Waals surface area contributed by atoms with E-state index in [0.29, 0.717) is 55.4 Å². The number of aliphatic carboxylic acids is 1. The highest BCUT2D eigenvalue weighted by atomic mass is 16.5. The lowest BCUT2D eigenvalue weighted by molar-refractivity contribution is -0.190. The van der Waals surface area contributed by atoms with Crippen molar-refractivity contribution in [1.29, 1.82) is 0 Å². The van der Waals surface area contributed by atoms with Crippen LogP contribution in [0.1, 0.15) is 58.1 Å². The molecule has 4 aromatic rings. The lowest BCUT2D eigenvalue weighted by Crippen LogP contribution is -2.64. The Hall–Kier alpha value is -5.64. The molecule has 2 amide bonds. The molecular weight excluding hydrogens is 697 g/mol. The summed E-state index contributed by atoms with van der Waals surface area (Å²) in [6, 6.07) is 33.6. The van der Waals surface area contributed by atoms with Crippen LogP contribution in [0.15, 0.2) is 109 Å². The van der Waals surface area contributed by atoms with E-state index in [2.05, 4.69) is 0 Å². The zero-order chi connectivity index (χ0) is 39.3. The monoisotopic (exact) mass is 748 g/mol. The molecule has 0 radical (unpaired) electrons. The van der Waals surface area contributed by atoms with Crippen LogP contribution in [0.3, 0.4) is 0 Å². The van der Waals surface area contributed by atoms with Crippen LogP contribution in [0.5, 0.6) is 23.0 Å². The van der Waals surface area contributed by atoms with Crippen LogP contribution in [-0.4, -0.2) is 58.4 Å². The Kier molecular flexibility index (Phi) is 14.5. The molecule has 0 bridgehead atoms. The summed E-state index contributed by atoms with van der Waals surface area (Å²) in [6.07, 6.45) is 1.81. The van der Waals surface area contributed by atoms with E-state index in [1.165, 1.54) is 0 Å². The summed E-state index contributed by atoms with van der Waals surface area (Å²) in [5.41, 5.74) is 1.63. The van der Waals surface area contributed by atoms with E-state index < -0.39 is 47.4 Å². The van der Waals surface area contributed by atoms with Crippen molar-refractivity contribution in [2.75, 3.05) is 19.7 Å². The minimum absolute atomic E-state index is 0.0981. The molecule has 0 aromatic heterocycles. The molecular formula is C45H52N2O8. The van der Waals surface area contributed by atoms with Gasteiger partial charge in [0.1, 0.15) is 23.0 Å². The van der Waals surface area contributed by atoms with Gasteiger partial charge in [0.2, 0.25) is 11.8 Å². The molecule has 4 aromatic carbocycles. The summed E-state index contributed by atoms with van der Waals surface area (Å²) in [4.78, 5) is 59.0. The van der Waals surface area contributed by atoms with Gasteiger partial charge in [-0.05, 0) is 84.8 Å². The van der Waals surface area contributed by atoms with Crippen molar-refractivity contribution in [1.82, 2.24) is 9.80 Å². The molecule has 1 saturated carbocycles. The van der Waals surface area contributed by atoms with Crippen molar-refractivity contribution < 1.29 is 38.5 Å². The average molecular weight is 749 g/mol. The van der Waals surface area contributed by atoms with Crippen molar-refractivity contribution in [3.63, 3.8) is 0 Å². The molecule has 0 saturated heterocycles. The fraction of sp³-hybridized carbons (Fsp3) is 0.378. The van der Waals surface area contributed by atoms with Crippen LogP contribution in [0.4, 0.5) is 0 Å². The second kappa shape index (κ2) is 19.6. The summed E-state index contributed by atoms with van der Waals surface area (Å²) in [6.45, 7) is 9.05. The van der Waals surface area contributed by atoms with Crippen LogP contribution in [0.25, 0.3) is 0 Å². The van der Waals surface area contributed by atoms with Gasteiger partial charge in [0.15, 0.2) is 0 Å². The molecule has 290 valence electrons. The number of hydrogen-bond donors (Lipinski definition) is 1. The molecule has 0 heterocycles. The number of carboxylic acids is 1. The first-order valence-electron chi connectivity index (χ1n) is 19.2. The molecule has 0 aliphatic heterocycles. The number of ether oxygens (including phenoxy) is 3. The molecule has 55 heavy (non-hydrogen) atoms. The average Bonchev–Trinajstić information content (AvgIpc) is 3.16. The van der Waals surface area contributed by atoms with Gasteiger partial charge in [-0.15, -0.1) is 0 Å². The number of esters is 1. The van der Waals surface area contributed by atoms with Gasteiger partial charge in [-0.1, -0.05) is 88.4 Å². The Labute approximate surface area is 324 Å². The SMILES string of the molecule is CCCN(Cc1ccc(Oc2ccccc2)cc1)C(=O)[C@@H]1[C@H](C(=O)O)[C@@H](C(=O)OCCC(C)C)[C@H]1C(=O)N(CCC)Cc1ccc(Oc2ccccc2)cc1. The van der Waals surface area contributed by atoms with Crippen LogP contribution in [-0.2, 0) is 37.0 Å². The zero-order valence-electron chi connectivity index (χ0n) is 32.1. The highest BCUT2D eigenvalue weighted by molar-refractivity contribution is 6.00. The lowest BCUT2D eigenvalue weighted by atomic mass is 9.55. The largest absolute Gasteiger partial charge is 0.481 e. The smallest absolute Gasteiger partial charge is 0.310 e. The van der Waals surface area contributed by atoms with E-state index in [1.807, 2.05) is 137 Å². The first kappa shape index (κ1) is 40.5. The Morgan fingerprint density at radius 1 is 0.582 bits per heavy atom. The quantitative estimate of drug-likeness (QED) is 0.0947. The molecule has 0 spiro atoms. The Bertz CT molecular complexity index is 1850. The Balaban J connectivity index is 1.39. The maximum atomic E-state index is 14.7. The molecule has 4 atom stereocenters. The van der Waals surface area contributed by atoms with Crippen LogP contribution >= 0.6 is 0 Å². The number of benzene rings is 4. The molecule has 5 rings (SSSR count). The lowest BCUT2D eigenvalue weighted by Gasteiger charge is -2.49. The van der Waals surface area contributed by atoms with Crippen LogP contribution < -0.4 is 9.47 Å². The molecule has 0 unspecified atom stereocenters. The number of carboxylic acid groups (broad SMARTS) is 1. The predicted molar refractivity (Wildman–Crippen MR) is 209 cm³/mol. The molecule has 1 aliphatic rings. The summed E-state index contributed by atoms with van der Waals surface area (Å²) >= 11 is 0. The van der Waals surface area contributed by atoms with Gasteiger partial charge >= 0.3 is 11.9 Å². The molecule has 1 fully saturated rings. The van der Waals surface area contributed by atoms with Crippen LogP contribution in [0, 0.1) is 29.6 Å². The van der Waals surface area contributed by atoms with Crippen molar-refractivity contribution in [3.8, 4) is 23.0 Å². The van der Waals surface area contributed by atoms with E-state index in [0.717, 1.165) is 11.1 Å². The number of amides is 2. The number of para-hydroxylation sites is 2. The van der Waals surface area contributed by atoms with Crippen molar-refractivity contribution in [2.45, 2.75) is 60.0 Å². The Morgan fingerprint density at radius 2 is 0.982 bits per heavy atom. The molecule has 1 N–H and O–H groups in total. The third-order valence-electron chi connectivity index (χ3n) is 9.78. The Morgan fingerprint density at radius 3 is 1.36 bits per heavy atom. The molecule has 10 nitrogen and oxygen atoms in total. The van der Waals surface area contributed by atoms with Gasteiger partial charge < -0.3 is 29.1 Å². The topological polar surface area (TPSA) is 123 Å². The molecule has 10 heteroatoms. The molecule has 1 aliphatic carbocycles. The third kappa shape index (κ3) is 10.7. The first-order chi connectivity index (χ1) is 26.6. The van der Waals surface area contributed by atoms with E-state index in [9.17, 15) is 24.3 Å². The zero-order valence-corrected chi connectivity index (χ0v) is 32.1. The van der Waals surface area contributed by atoms with Gasteiger partial charge in [-0.25, -0.2) is 0 Å². The van der Waals surface area contributed by atoms with Crippen molar-refractivity contribution in [2.24, 2.45) is 29.6 Å².